The van der Waals surface area contributed by atoms with E-state index >= 15 is 0 Å². The molecule has 0 N–H and O–H groups in total. The monoisotopic (exact) mass is 1100 g/mol. The van der Waals surface area contributed by atoms with E-state index in [1.165, 1.54) is 121 Å². The molecule has 0 spiro atoms. The first-order valence-corrected chi connectivity index (χ1v) is 30.1. The average molecular weight is 1100 g/mol. The first-order chi connectivity index (χ1) is 42.2. The quantitative estimate of drug-likeness (QED) is 0.126. The van der Waals surface area contributed by atoms with E-state index in [0.717, 1.165) is 34.1 Å². The van der Waals surface area contributed by atoms with Gasteiger partial charge in [0.1, 0.15) is 0 Å². The van der Waals surface area contributed by atoms with Gasteiger partial charge < -0.3 is 9.80 Å². The van der Waals surface area contributed by atoms with Gasteiger partial charge in [-0.15, -0.1) is 0 Å². The van der Waals surface area contributed by atoms with Crippen molar-refractivity contribution in [3.8, 4) is 66.8 Å². The van der Waals surface area contributed by atoms with Crippen LogP contribution >= 0.6 is 0 Å². The summed E-state index contributed by atoms with van der Waals surface area (Å²) in [5.74, 6) is 0. The molecule has 0 aromatic heterocycles. The normalized spacial score (nSPS) is 13.3. The third-order valence-electron chi connectivity index (χ3n) is 18.9. The highest BCUT2D eigenvalue weighted by molar-refractivity contribution is 6.29. The molecule has 16 rings (SSSR count). The molecule has 0 saturated heterocycles. The number of nitrogens with zero attached hydrogens (tertiary/aromatic N) is 2. The van der Waals surface area contributed by atoms with E-state index in [1.54, 1.807) is 0 Å². The largest absolute Gasteiger partial charge is 0.310 e. The molecule has 14 aromatic rings. The molecule has 0 saturated carbocycles. The summed E-state index contributed by atoms with van der Waals surface area (Å²) >= 11 is 0. The van der Waals surface area contributed by atoms with Crippen LogP contribution in [0.4, 0.5) is 34.1 Å². The molecule has 14 aromatic carbocycles. The van der Waals surface area contributed by atoms with Crippen molar-refractivity contribution in [2.75, 3.05) is 9.80 Å². The molecule has 2 heteroatoms. The Hall–Kier alpha value is -10.5. The van der Waals surface area contributed by atoms with Gasteiger partial charge in [0, 0.05) is 45.0 Å². The van der Waals surface area contributed by atoms with Crippen LogP contribution in [0.15, 0.2) is 303 Å². The highest BCUT2D eigenvalue weighted by atomic mass is 15.1. The Kier molecular flexibility index (Phi) is 11.9. The number of para-hydroxylation sites is 1. The number of anilines is 6. The van der Waals surface area contributed by atoms with Gasteiger partial charge in [0.05, 0.1) is 0 Å². The van der Waals surface area contributed by atoms with E-state index in [4.69, 9.17) is 0 Å². The van der Waals surface area contributed by atoms with Crippen LogP contribution in [-0.2, 0) is 10.8 Å². The highest BCUT2D eigenvalue weighted by Crippen LogP contribution is 2.56. The lowest BCUT2D eigenvalue weighted by atomic mass is 9.81. The predicted octanol–water partition coefficient (Wildman–Crippen LogP) is 23.4. The van der Waals surface area contributed by atoms with Crippen molar-refractivity contribution in [2.45, 2.75) is 38.5 Å². The van der Waals surface area contributed by atoms with Crippen molar-refractivity contribution in [1.82, 2.24) is 0 Å². The van der Waals surface area contributed by atoms with Crippen LogP contribution in [0, 0.1) is 0 Å². The van der Waals surface area contributed by atoms with Crippen molar-refractivity contribution in [3.05, 3.63) is 326 Å². The van der Waals surface area contributed by atoms with Gasteiger partial charge in [0.15, 0.2) is 0 Å². The molecular weight excluding hydrogens is 1040 g/mol. The zero-order chi connectivity index (χ0) is 57.7. The van der Waals surface area contributed by atoms with Crippen molar-refractivity contribution < 1.29 is 0 Å². The fourth-order valence-electron chi connectivity index (χ4n) is 14.4. The third-order valence-corrected chi connectivity index (χ3v) is 18.9. The lowest BCUT2D eigenvalue weighted by Gasteiger charge is -2.28. The zero-order valence-electron chi connectivity index (χ0n) is 48.8. The number of fused-ring (bicyclic) bond motifs is 13. The standard InChI is InChI=1S/C84H62N2/c1-83(2)77-26-16-15-24-72(77)73-49-47-67(53-79(73)83)86(65-43-37-61(38-44-65)57-29-27-56(28-30-57)55-17-7-5-8-18-55)66-45-39-62(40-46-66)59-33-31-58(32-34-59)60-35-41-64(42-36-60)85(63-19-9-6-10-20-63)68-48-50-76-80(54-68)84(3,4)78-52-51-75-71-23-12-11-21-69(71)70-22-13-14-25-74(70)81(75)82(76)78/h5-54H,1-4H3. The SMILES string of the molecule is CC1(C)c2ccccc2-c2ccc(N(c3ccc(-c4ccc(-c5ccccc5)cc4)cc3)c3ccc(-c4ccc(-c5ccc(N(c6ccccc6)c6ccc7c(c6)C(C)(C)c6ccc8c9ccccc9c9ccccc9c8c6-7)cc5)cc4)cc3)cc21. The number of hydrogen-bond acceptors (Lipinski definition) is 2. The van der Waals surface area contributed by atoms with Gasteiger partial charge >= 0.3 is 0 Å². The summed E-state index contributed by atoms with van der Waals surface area (Å²) in [4.78, 5) is 4.81. The molecule has 2 aliphatic rings. The van der Waals surface area contributed by atoms with Crippen LogP contribution in [0.2, 0.25) is 0 Å². The minimum atomic E-state index is -0.207. The highest BCUT2D eigenvalue weighted by Gasteiger charge is 2.39. The molecule has 86 heavy (non-hydrogen) atoms. The maximum Gasteiger partial charge on any atom is 0.0465 e. The molecule has 0 heterocycles. The molecule has 0 bridgehead atoms. The van der Waals surface area contributed by atoms with Crippen LogP contribution < -0.4 is 9.80 Å². The van der Waals surface area contributed by atoms with E-state index in [-0.39, 0.29) is 10.8 Å². The first-order valence-electron chi connectivity index (χ1n) is 30.1. The third kappa shape index (κ3) is 8.31. The van der Waals surface area contributed by atoms with Crippen LogP contribution in [0.25, 0.3) is 99.1 Å². The van der Waals surface area contributed by atoms with Gasteiger partial charge in [0.25, 0.3) is 0 Å². The molecule has 0 amide bonds. The maximum absolute atomic E-state index is 2.45. The van der Waals surface area contributed by atoms with Crippen LogP contribution in [0.3, 0.4) is 0 Å². The predicted molar refractivity (Wildman–Crippen MR) is 365 cm³/mol. The minimum Gasteiger partial charge on any atom is -0.310 e. The van der Waals surface area contributed by atoms with Gasteiger partial charge in [0.2, 0.25) is 0 Å². The Labute approximate surface area is 504 Å². The van der Waals surface area contributed by atoms with Crippen LogP contribution in [0.1, 0.15) is 49.9 Å². The van der Waals surface area contributed by atoms with E-state index < -0.39 is 0 Å². The van der Waals surface area contributed by atoms with E-state index in [1.807, 2.05) is 0 Å². The molecule has 2 nitrogen and oxygen atoms in total. The van der Waals surface area contributed by atoms with Gasteiger partial charge in [-0.1, -0.05) is 258 Å². The second-order valence-corrected chi connectivity index (χ2v) is 24.4. The molecular formula is C84H62N2. The minimum absolute atomic E-state index is 0.122. The van der Waals surface area contributed by atoms with Crippen molar-refractivity contribution >= 4 is 66.4 Å². The molecule has 0 atom stereocenters. The number of hydrogen-bond donors (Lipinski definition) is 0. The fourth-order valence-corrected chi connectivity index (χ4v) is 14.4. The summed E-state index contributed by atoms with van der Waals surface area (Å²) in [6, 6.07) is 112. The summed E-state index contributed by atoms with van der Waals surface area (Å²) in [6.07, 6.45) is 0. The van der Waals surface area contributed by atoms with Crippen LogP contribution in [-0.4, -0.2) is 0 Å². The summed E-state index contributed by atoms with van der Waals surface area (Å²) in [5.41, 5.74) is 26.7. The molecule has 0 aliphatic heterocycles. The zero-order valence-corrected chi connectivity index (χ0v) is 48.8. The van der Waals surface area contributed by atoms with Crippen molar-refractivity contribution in [2.24, 2.45) is 0 Å². The smallest absolute Gasteiger partial charge is 0.0465 e. The Balaban J connectivity index is 0.695. The average Bonchev–Trinajstić information content (AvgIpc) is 1.59. The van der Waals surface area contributed by atoms with Gasteiger partial charge in [-0.3, -0.25) is 0 Å². The lowest BCUT2D eigenvalue weighted by molar-refractivity contribution is 0.660. The fraction of sp³-hybridized carbons (Fsp3) is 0.0714. The summed E-state index contributed by atoms with van der Waals surface area (Å²) < 4.78 is 0. The molecule has 0 radical (unpaired) electrons. The molecule has 2 aliphatic carbocycles. The first kappa shape index (κ1) is 51.1. The Morgan fingerprint density at radius 3 is 1.01 bits per heavy atom. The Bertz CT molecular complexity index is 4890. The Morgan fingerprint density at radius 1 is 0.209 bits per heavy atom. The topological polar surface area (TPSA) is 6.48 Å². The number of rotatable bonds is 10. The van der Waals surface area contributed by atoms with Gasteiger partial charge in [-0.05, 0) is 194 Å². The Morgan fingerprint density at radius 2 is 0.523 bits per heavy atom. The second-order valence-electron chi connectivity index (χ2n) is 24.4. The van der Waals surface area contributed by atoms with E-state index in [9.17, 15) is 0 Å². The molecule has 408 valence electrons. The maximum atomic E-state index is 2.45. The summed E-state index contributed by atoms with van der Waals surface area (Å²) in [6.45, 7) is 9.51. The lowest BCUT2D eigenvalue weighted by Crippen LogP contribution is -2.16. The summed E-state index contributed by atoms with van der Waals surface area (Å²) in [5, 5.41) is 7.88. The number of benzene rings is 14. The second kappa shape index (κ2) is 20.1. The van der Waals surface area contributed by atoms with E-state index in [0.29, 0.717) is 0 Å². The van der Waals surface area contributed by atoms with Crippen LogP contribution in [0.5, 0.6) is 0 Å². The summed E-state index contributed by atoms with van der Waals surface area (Å²) in [7, 11) is 0. The molecule has 0 fully saturated rings. The van der Waals surface area contributed by atoms with Crippen molar-refractivity contribution in [1.29, 1.82) is 0 Å². The van der Waals surface area contributed by atoms with E-state index in [2.05, 4.69) is 341 Å². The van der Waals surface area contributed by atoms with Gasteiger partial charge in [-0.2, -0.15) is 0 Å². The molecule has 0 unspecified atom stereocenters. The van der Waals surface area contributed by atoms with Crippen molar-refractivity contribution in [3.63, 3.8) is 0 Å². The van der Waals surface area contributed by atoms with Gasteiger partial charge in [-0.25, -0.2) is 0 Å².